The van der Waals surface area contributed by atoms with E-state index in [2.05, 4.69) is 10.3 Å². The Balaban J connectivity index is 2.11. The first kappa shape index (κ1) is 20.4. The molecule has 11 heteroatoms. The average molecular weight is 414 g/mol. The standard InChI is InChI=1S/C16H13Cl2N3O6/c1-8(27-16(23)9-5-11(17)14(18)19-7-9)15(22)20-12-6-10(21(24)25)3-4-13(12)26-2/h3-8H,1-2H3,(H,20,22). The fourth-order valence-corrected chi connectivity index (χ4v) is 2.23. The number of nitrogens with zero attached hydrogens (tertiary/aromatic N) is 2. The number of non-ortho nitro benzene ring substituents is 1. The van der Waals surface area contributed by atoms with Crippen molar-refractivity contribution >= 4 is 46.5 Å². The normalized spacial score (nSPS) is 11.4. The lowest BCUT2D eigenvalue weighted by atomic mass is 10.2. The number of hydrogen-bond donors (Lipinski definition) is 1. The zero-order valence-corrected chi connectivity index (χ0v) is 15.6. The zero-order valence-electron chi connectivity index (χ0n) is 14.1. The van der Waals surface area contributed by atoms with E-state index >= 15 is 0 Å². The van der Waals surface area contributed by atoms with Gasteiger partial charge in [-0.25, -0.2) is 9.78 Å². The van der Waals surface area contributed by atoms with Gasteiger partial charge in [0, 0.05) is 18.3 Å². The first-order valence-corrected chi connectivity index (χ1v) is 8.13. The average Bonchev–Trinajstić information content (AvgIpc) is 2.63. The van der Waals surface area contributed by atoms with E-state index in [-0.39, 0.29) is 32.9 Å². The van der Waals surface area contributed by atoms with Crippen LogP contribution in [0, 0.1) is 10.1 Å². The third-order valence-corrected chi connectivity index (χ3v) is 4.02. The van der Waals surface area contributed by atoms with Gasteiger partial charge >= 0.3 is 5.97 Å². The highest BCUT2D eigenvalue weighted by Gasteiger charge is 2.22. The van der Waals surface area contributed by atoms with Gasteiger partial charge in [-0.1, -0.05) is 23.2 Å². The largest absolute Gasteiger partial charge is 0.495 e. The molecule has 0 spiro atoms. The van der Waals surface area contributed by atoms with Gasteiger partial charge in [-0.2, -0.15) is 0 Å². The number of benzene rings is 1. The second-order valence-corrected chi connectivity index (χ2v) is 5.94. The molecule has 0 aliphatic rings. The molecule has 1 amide bonds. The molecule has 0 aliphatic carbocycles. The van der Waals surface area contributed by atoms with Gasteiger partial charge in [-0.05, 0) is 19.1 Å². The minimum atomic E-state index is -1.21. The van der Waals surface area contributed by atoms with Crippen molar-refractivity contribution in [3.8, 4) is 5.75 Å². The summed E-state index contributed by atoms with van der Waals surface area (Å²) in [5.74, 6) is -1.34. The number of ether oxygens (including phenoxy) is 2. The second kappa shape index (κ2) is 8.65. The molecule has 1 atom stereocenters. The number of nitrogens with one attached hydrogen (secondary N) is 1. The van der Waals surface area contributed by atoms with E-state index in [1.807, 2.05) is 0 Å². The van der Waals surface area contributed by atoms with Gasteiger partial charge in [0.15, 0.2) is 6.10 Å². The fourth-order valence-electron chi connectivity index (χ4n) is 1.96. The topological polar surface area (TPSA) is 121 Å². The van der Waals surface area contributed by atoms with E-state index < -0.39 is 22.9 Å². The van der Waals surface area contributed by atoms with Crippen LogP contribution in [0.3, 0.4) is 0 Å². The molecule has 0 aliphatic heterocycles. The number of halogens is 2. The highest BCUT2D eigenvalue weighted by molar-refractivity contribution is 6.41. The molecule has 0 saturated heterocycles. The Kier molecular flexibility index (Phi) is 6.54. The lowest BCUT2D eigenvalue weighted by Gasteiger charge is -2.15. The molecular formula is C16H13Cl2N3O6. The van der Waals surface area contributed by atoms with Crippen LogP contribution in [-0.2, 0) is 9.53 Å². The summed E-state index contributed by atoms with van der Waals surface area (Å²) in [6.07, 6.45) is -0.0546. The van der Waals surface area contributed by atoms with Crippen molar-refractivity contribution in [1.82, 2.24) is 4.98 Å². The molecule has 0 fully saturated rings. The summed E-state index contributed by atoms with van der Waals surface area (Å²) in [4.78, 5) is 38.3. The molecule has 142 valence electrons. The van der Waals surface area contributed by atoms with Gasteiger partial charge < -0.3 is 14.8 Å². The molecule has 0 saturated carbocycles. The van der Waals surface area contributed by atoms with E-state index in [9.17, 15) is 19.7 Å². The number of nitro groups is 1. The number of aromatic nitrogens is 1. The Hall–Kier alpha value is -2.91. The lowest BCUT2D eigenvalue weighted by molar-refractivity contribution is -0.384. The van der Waals surface area contributed by atoms with Crippen LogP contribution >= 0.6 is 23.2 Å². The van der Waals surface area contributed by atoms with Crippen molar-refractivity contribution in [3.05, 3.63) is 56.3 Å². The van der Waals surface area contributed by atoms with E-state index in [1.54, 1.807) is 0 Å². The van der Waals surface area contributed by atoms with Crippen LogP contribution in [-0.4, -0.2) is 35.0 Å². The SMILES string of the molecule is COc1ccc([N+](=O)[O-])cc1NC(=O)C(C)OC(=O)c1cnc(Cl)c(Cl)c1. The molecule has 27 heavy (non-hydrogen) atoms. The Labute approximate surface area is 163 Å². The number of rotatable bonds is 6. The molecule has 2 rings (SSSR count). The third-order valence-electron chi connectivity index (χ3n) is 3.34. The summed E-state index contributed by atoms with van der Waals surface area (Å²) < 4.78 is 10.1. The highest BCUT2D eigenvalue weighted by Crippen LogP contribution is 2.29. The van der Waals surface area contributed by atoms with Crippen LogP contribution < -0.4 is 10.1 Å². The number of anilines is 1. The van der Waals surface area contributed by atoms with Crippen LogP contribution in [0.2, 0.25) is 10.2 Å². The fraction of sp³-hybridized carbons (Fsp3) is 0.188. The lowest BCUT2D eigenvalue weighted by Crippen LogP contribution is -2.30. The maximum absolute atomic E-state index is 12.3. The molecule has 2 aromatic rings. The van der Waals surface area contributed by atoms with Crippen LogP contribution in [0.5, 0.6) is 5.75 Å². The molecular weight excluding hydrogens is 401 g/mol. The molecule has 9 nitrogen and oxygen atoms in total. The van der Waals surface area contributed by atoms with Crippen molar-refractivity contribution in [1.29, 1.82) is 0 Å². The molecule has 1 aromatic heterocycles. The Morgan fingerprint density at radius 1 is 1.30 bits per heavy atom. The first-order valence-electron chi connectivity index (χ1n) is 7.38. The molecule has 0 radical (unpaired) electrons. The third kappa shape index (κ3) is 5.05. The Morgan fingerprint density at radius 2 is 2.00 bits per heavy atom. The van der Waals surface area contributed by atoms with Gasteiger partial charge in [0.25, 0.3) is 11.6 Å². The number of carbonyl (C=O) groups excluding carboxylic acids is 2. The van der Waals surface area contributed by atoms with Gasteiger partial charge in [0.05, 0.1) is 28.3 Å². The van der Waals surface area contributed by atoms with Crippen molar-refractivity contribution in [2.24, 2.45) is 0 Å². The summed E-state index contributed by atoms with van der Waals surface area (Å²) in [6, 6.07) is 4.96. The highest BCUT2D eigenvalue weighted by atomic mass is 35.5. The second-order valence-electron chi connectivity index (χ2n) is 5.18. The minimum absolute atomic E-state index is 0.0111. The van der Waals surface area contributed by atoms with Gasteiger partial charge in [-0.3, -0.25) is 14.9 Å². The summed E-state index contributed by atoms with van der Waals surface area (Å²) in [5.41, 5.74) is -0.162. The van der Waals surface area contributed by atoms with E-state index in [1.165, 1.54) is 32.2 Å². The number of carbonyl (C=O) groups is 2. The van der Waals surface area contributed by atoms with E-state index in [4.69, 9.17) is 32.7 Å². The van der Waals surface area contributed by atoms with E-state index in [0.29, 0.717) is 0 Å². The molecule has 1 N–H and O–H groups in total. The number of pyridine rings is 1. The Bertz CT molecular complexity index is 906. The number of esters is 1. The molecule has 0 bridgehead atoms. The monoisotopic (exact) mass is 413 g/mol. The van der Waals surface area contributed by atoms with Crippen LogP contribution in [0.1, 0.15) is 17.3 Å². The summed E-state index contributed by atoms with van der Waals surface area (Å²) >= 11 is 11.5. The molecule has 1 aromatic carbocycles. The molecule has 1 unspecified atom stereocenters. The zero-order chi connectivity index (χ0) is 20.1. The van der Waals surface area contributed by atoms with Crippen LogP contribution in [0.25, 0.3) is 0 Å². The predicted octanol–water partition coefficient (Wildman–Crippen LogP) is 3.49. The maximum atomic E-state index is 12.3. The van der Waals surface area contributed by atoms with Gasteiger partial charge in [-0.15, -0.1) is 0 Å². The van der Waals surface area contributed by atoms with Crippen LogP contribution in [0.15, 0.2) is 30.5 Å². The number of methoxy groups -OCH3 is 1. The summed E-state index contributed by atoms with van der Waals surface area (Å²) in [5, 5.41) is 13.4. The predicted molar refractivity (Wildman–Crippen MR) is 97.4 cm³/mol. The summed E-state index contributed by atoms with van der Waals surface area (Å²) in [7, 11) is 1.34. The van der Waals surface area contributed by atoms with Crippen molar-refractivity contribution < 1.29 is 24.0 Å². The first-order chi connectivity index (χ1) is 12.7. The van der Waals surface area contributed by atoms with Crippen LogP contribution in [0.4, 0.5) is 11.4 Å². The van der Waals surface area contributed by atoms with Crippen molar-refractivity contribution in [2.75, 3.05) is 12.4 Å². The quantitative estimate of drug-likeness (QED) is 0.332. The maximum Gasteiger partial charge on any atom is 0.340 e. The number of hydrogen-bond acceptors (Lipinski definition) is 7. The van der Waals surface area contributed by atoms with Crippen molar-refractivity contribution in [2.45, 2.75) is 13.0 Å². The van der Waals surface area contributed by atoms with Gasteiger partial charge in [0.1, 0.15) is 10.9 Å². The number of nitro benzene ring substituents is 1. The minimum Gasteiger partial charge on any atom is -0.495 e. The van der Waals surface area contributed by atoms with Crippen molar-refractivity contribution in [3.63, 3.8) is 0 Å². The van der Waals surface area contributed by atoms with E-state index in [0.717, 1.165) is 12.3 Å². The number of amides is 1. The van der Waals surface area contributed by atoms with Gasteiger partial charge in [0.2, 0.25) is 0 Å². The molecule has 1 heterocycles. The smallest absolute Gasteiger partial charge is 0.340 e. The Morgan fingerprint density at radius 3 is 2.59 bits per heavy atom. The summed E-state index contributed by atoms with van der Waals surface area (Å²) in [6.45, 7) is 1.34.